The van der Waals surface area contributed by atoms with Crippen molar-refractivity contribution in [3.8, 4) is 22.4 Å². The molecule has 6 nitrogen and oxygen atoms in total. The highest BCUT2D eigenvalue weighted by Gasteiger charge is 2.38. The van der Waals surface area contributed by atoms with Crippen molar-refractivity contribution in [3.63, 3.8) is 0 Å². The highest BCUT2D eigenvalue weighted by Crippen LogP contribution is 2.41. The van der Waals surface area contributed by atoms with Crippen molar-refractivity contribution < 1.29 is 39.5 Å². The van der Waals surface area contributed by atoms with Gasteiger partial charge in [0.1, 0.15) is 11.6 Å². The smallest absolute Gasteiger partial charge is 0.368 e. The molecule has 0 aliphatic carbocycles. The van der Waals surface area contributed by atoms with Gasteiger partial charge in [-0.2, -0.15) is 26.3 Å². The van der Waals surface area contributed by atoms with E-state index < -0.39 is 40.6 Å². The molecule has 1 aromatic heterocycles. The minimum atomic E-state index is -4.92. The first-order chi connectivity index (χ1) is 20.3. The minimum absolute atomic E-state index is 0.0619. The van der Waals surface area contributed by atoms with Crippen molar-refractivity contribution in [2.45, 2.75) is 18.1 Å². The lowest BCUT2D eigenvalue weighted by atomic mass is 9.98. The maximum atomic E-state index is 14.1. The third-order valence-corrected chi connectivity index (χ3v) is 7.49. The molecule has 43 heavy (non-hydrogen) atoms. The maximum absolute atomic E-state index is 14.1. The van der Waals surface area contributed by atoms with Crippen molar-refractivity contribution in [1.29, 1.82) is 0 Å². The number of nitrogens with zero attached hydrogens (tertiary/aromatic N) is 4. The summed E-state index contributed by atoms with van der Waals surface area (Å²) < 4.78 is 116. The number of hydrogen-bond donors (Lipinski definition) is 1. The van der Waals surface area contributed by atoms with Gasteiger partial charge in [0.15, 0.2) is 11.1 Å². The molecule has 1 aliphatic rings. The van der Waals surface area contributed by atoms with Crippen LogP contribution in [-0.2, 0) is 29.2 Å². The Kier molecular flexibility index (Phi) is 8.43. The number of alkyl halides is 6. The standard InChI is InChI=1S/C29H23F7N4O2S/c30-22-10-8-19(9-11-22)24-25(20-6-4-18(5-7-20)17-43(41)42)37-27(29(34,35)36)38-26(24)40-14-12-39(13-15-40)23-3-1-2-21(16-23)28(31,32)33/h1-11,16H,12-15,17H2,(H,41,42). The fraction of sp³-hybridized carbons (Fsp3) is 0.241. The van der Waals surface area contributed by atoms with Crippen LogP contribution in [0.1, 0.15) is 17.0 Å². The van der Waals surface area contributed by atoms with Gasteiger partial charge in [0.2, 0.25) is 5.82 Å². The van der Waals surface area contributed by atoms with E-state index in [0.717, 1.165) is 24.3 Å². The molecule has 0 radical (unpaired) electrons. The van der Waals surface area contributed by atoms with Crippen LogP contribution in [0.5, 0.6) is 0 Å². The van der Waals surface area contributed by atoms with Gasteiger partial charge in [-0.05, 0) is 41.5 Å². The lowest BCUT2D eigenvalue weighted by Crippen LogP contribution is -2.47. The summed E-state index contributed by atoms with van der Waals surface area (Å²) in [6.07, 6.45) is -9.45. The molecule has 1 atom stereocenters. The number of rotatable bonds is 6. The lowest BCUT2D eigenvalue weighted by molar-refractivity contribution is -0.144. The number of piperazine rings is 1. The minimum Gasteiger partial charge on any atom is -0.368 e. The van der Waals surface area contributed by atoms with Crippen LogP contribution in [-0.4, -0.2) is 44.9 Å². The van der Waals surface area contributed by atoms with Crippen molar-refractivity contribution in [1.82, 2.24) is 9.97 Å². The maximum Gasteiger partial charge on any atom is 0.451 e. The molecule has 226 valence electrons. The zero-order chi connectivity index (χ0) is 30.9. The van der Waals surface area contributed by atoms with E-state index in [0.29, 0.717) is 16.8 Å². The molecule has 1 N–H and O–H groups in total. The molecule has 5 rings (SSSR count). The van der Waals surface area contributed by atoms with Crippen LogP contribution in [0.2, 0.25) is 0 Å². The Balaban J connectivity index is 1.58. The molecule has 0 spiro atoms. The third-order valence-electron chi connectivity index (χ3n) is 6.91. The van der Waals surface area contributed by atoms with Gasteiger partial charge in [0.25, 0.3) is 0 Å². The normalized spacial score (nSPS) is 15.1. The number of hydrogen-bond acceptors (Lipinski definition) is 5. The Morgan fingerprint density at radius 1 is 0.767 bits per heavy atom. The summed E-state index contributed by atoms with van der Waals surface area (Å²) in [5.74, 6) is -2.20. The second kappa shape index (κ2) is 11.9. The third kappa shape index (κ3) is 6.96. The fourth-order valence-electron chi connectivity index (χ4n) is 4.85. The first kappa shape index (κ1) is 30.4. The molecule has 0 amide bonds. The molecule has 0 bridgehead atoms. The van der Waals surface area contributed by atoms with Gasteiger partial charge in [-0.3, -0.25) is 0 Å². The first-order valence-corrected chi connectivity index (χ1v) is 14.2. The van der Waals surface area contributed by atoms with E-state index in [2.05, 4.69) is 9.97 Å². The summed E-state index contributed by atoms with van der Waals surface area (Å²) in [4.78, 5) is 11.1. The zero-order valence-electron chi connectivity index (χ0n) is 22.2. The largest absolute Gasteiger partial charge is 0.451 e. The van der Waals surface area contributed by atoms with Crippen molar-refractivity contribution in [2.24, 2.45) is 0 Å². The monoisotopic (exact) mass is 624 g/mol. The zero-order valence-corrected chi connectivity index (χ0v) is 23.0. The van der Waals surface area contributed by atoms with E-state index in [1.165, 1.54) is 48.5 Å². The number of halogens is 7. The van der Waals surface area contributed by atoms with Crippen molar-refractivity contribution in [2.75, 3.05) is 36.0 Å². The fourth-order valence-corrected chi connectivity index (χ4v) is 5.33. The average Bonchev–Trinajstić information content (AvgIpc) is 2.96. The Hall–Kier alpha value is -4.04. The Morgan fingerprint density at radius 2 is 1.37 bits per heavy atom. The van der Waals surface area contributed by atoms with Crippen molar-refractivity contribution >= 4 is 22.6 Å². The summed E-state index contributed by atoms with van der Waals surface area (Å²) in [6.45, 7) is 0.634. The number of aromatic nitrogens is 2. The summed E-state index contributed by atoms with van der Waals surface area (Å²) in [5, 5.41) is 0. The molecule has 4 aromatic rings. The van der Waals surface area contributed by atoms with Crippen LogP contribution >= 0.6 is 0 Å². The molecular weight excluding hydrogens is 601 g/mol. The topological polar surface area (TPSA) is 69.6 Å². The van der Waals surface area contributed by atoms with Crippen LogP contribution in [0.3, 0.4) is 0 Å². The van der Waals surface area contributed by atoms with E-state index in [1.807, 2.05) is 0 Å². The van der Waals surface area contributed by atoms with E-state index in [-0.39, 0.29) is 54.6 Å². The molecule has 1 fully saturated rings. The predicted octanol–water partition coefficient (Wildman–Crippen LogP) is 7.04. The molecular formula is C29H23F7N4O2S. The molecule has 0 saturated carbocycles. The summed E-state index contributed by atoms with van der Waals surface area (Å²) in [6, 6.07) is 15.9. The van der Waals surface area contributed by atoms with Crippen molar-refractivity contribution in [3.05, 3.63) is 95.6 Å². The van der Waals surface area contributed by atoms with Crippen LogP contribution in [0.4, 0.5) is 42.2 Å². The first-order valence-electron chi connectivity index (χ1n) is 12.9. The Labute approximate surface area is 244 Å². The molecule has 1 aliphatic heterocycles. The number of benzene rings is 3. The average molecular weight is 625 g/mol. The summed E-state index contributed by atoms with van der Waals surface area (Å²) in [7, 11) is 0. The van der Waals surface area contributed by atoms with E-state index in [9.17, 15) is 39.5 Å². The van der Waals surface area contributed by atoms with E-state index in [4.69, 9.17) is 0 Å². The molecule has 14 heteroatoms. The molecule has 2 heterocycles. The van der Waals surface area contributed by atoms with Crippen LogP contribution in [0, 0.1) is 5.82 Å². The predicted molar refractivity (Wildman–Crippen MR) is 148 cm³/mol. The SMILES string of the molecule is O=S(O)Cc1ccc(-c2nc(C(F)(F)F)nc(N3CCN(c4cccc(C(F)(F)F)c4)CC3)c2-c2ccc(F)cc2)cc1. The van der Waals surface area contributed by atoms with Crippen LogP contribution in [0.15, 0.2) is 72.8 Å². The van der Waals surface area contributed by atoms with Gasteiger partial charge in [-0.1, -0.05) is 42.5 Å². The summed E-state index contributed by atoms with van der Waals surface area (Å²) in [5.41, 5.74) is 0.738. The molecule has 1 unspecified atom stereocenters. The van der Waals surface area contributed by atoms with Gasteiger partial charge >= 0.3 is 12.4 Å². The second-order valence-electron chi connectivity index (χ2n) is 9.78. The highest BCUT2D eigenvalue weighted by atomic mass is 32.2. The Morgan fingerprint density at radius 3 is 1.95 bits per heavy atom. The Bertz CT molecular complexity index is 1620. The van der Waals surface area contributed by atoms with E-state index >= 15 is 0 Å². The molecule has 3 aromatic carbocycles. The van der Waals surface area contributed by atoms with Gasteiger partial charge < -0.3 is 14.4 Å². The highest BCUT2D eigenvalue weighted by molar-refractivity contribution is 7.78. The van der Waals surface area contributed by atoms with Gasteiger partial charge in [0.05, 0.1) is 22.6 Å². The van der Waals surface area contributed by atoms with Gasteiger partial charge in [0, 0.05) is 37.4 Å². The van der Waals surface area contributed by atoms with Gasteiger partial charge in [-0.25, -0.2) is 18.6 Å². The molecule has 1 saturated heterocycles. The lowest BCUT2D eigenvalue weighted by Gasteiger charge is -2.38. The quantitative estimate of drug-likeness (QED) is 0.184. The van der Waals surface area contributed by atoms with Crippen LogP contribution < -0.4 is 9.80 Å². The summed E-state index contributed by atoms with van der Waals surface area (Å²) >= 11 is -2.13. The van der Waals surface area contributed by atoms with Crippen LogP contribution in [0.25, 0.3) is 22.4 Å². The van der Waals surface area contributed by atoms with E-state index in [1.54, 1.807) is 9.80 Å². The van der Waals surface area contributed by atoms with Gasteiger partial charge in [-0.15, -0.1) is 0 Å². The number of anilines is 2. The second-order valence-corrected chi connectivity index (χ2v) is 10.7.